The maximum absolute atomic E-state index is 3.81. The minimum atomic E-state index is -0.330. The van der Waals surface area contributed by atoms with Crippen LogP contribution in [0.5, 0.6) is 0 Å². The molecule has 0 aromatic heterocycles. The lowest BCUT2D eigenvalue weighted by atomic mass is 9.62. The molecule has 0 fully saturated rings. The second-order valence-electron chi connectivity index (χ2n) is 15.7. The Morgan fingerprint density at radius 3 is 1.90 bits per heavy atom. The number of nitrogens with one attached hydrogen (secondary N) is 1. The van der Waals surface area contributed by atoms with Crippen molar-refractivity contribution in [2.45, 2.75) is 46.0 Å². The van der Waals surface area contributed by atoms with Gasteiger partial charge in [-0.25, -0.2) is 0 Å². The van der Waals surface area contributed by atoms with Crippen molar-refractivity contribution < 1.29 is 0 Å². The molecule has 10 rings (SSSR count). The van der Waals surface area contributed by atoms with Gasteiger partial charge in [0, 0.05) is 17.6 Å². The number of anilines is 3. The van der Waals surface area contributed by atoms with E-state index in [4.69, 9.17) is 0 Å². The lowest BCUT2D eigenvalue weighted by Gasteiger charge is -2.45. The van der Waals surface area contributed by atoms with Crippen LogP contribution in [-0.2, 0) is 5.41 Å². The maximum atomic E-state index is 3.81. The van der Waals surface area contributed by atoms with Crippen LogP contribution < -0.4 is 10.2 Å². The maximum Gasteiger partial charge on any atom is 0.0717 e. The van der Waals surface area contributed by atoms with Crippen LogP contribution in [0.15, 0.2) is 237 Å². The second kappa shape index (κ2) is 19.5. The number of fused-ring (bicyclic) bond motifs is 8. The van der Waals surface area contributed by atoms with Crippen molar-refractivity contribution in [3.05, 3.63) is 270 Å². The molecule has 0 unspecified atom stereocenters. The van der Waals surface area contributed by atoms with Crippen LogP contribution >= 0.6 is 0 Å². The minimum absolute atomic E-state index is 0.330. The molecule has 0 saturated heterocycles. The van der Waals surface area contributed by atoms with Crippen molar-refractivity contribution in [3.8, 4) is 22.3 Å². The van der Waals surface area contributed by atoms with Gasteiger partial charge in [0.25, 0.3) is 0 Å². The zero-order valence-corrected chi connectivity index (χ0v) is 36.9. The van der Waals surface area contributed by atoms with Gasteiger partial charge in [0.2, 0.25) is 0 Å². The van der Waals surface area contributed by atoms with Crippen LogP contribution in [0.2, 0.25) is 0 Å². The molecule has 2 heteroatoms. The number of para-hydroxylation sites is 3. The highest BCUT2D eigenvalue weighted by Crippen LogP contribution is 2.63. The third-order valence-electron chi connectivity index (χ3n) is 12.0. The van der Waals surface area contributed by atoms with Crippen LogP contribution in [0, 0.1) is 6.92 Å². The van der Waals surface area contributed by atoms with E-state index in [9.17, 15) is 0 Å². The van der Waals surface area contributed by atoms with Gasteiger partial charge in [-0.15, -0.1) is 0 Å². The van der Waals surface area contributed by atoms with Gasteiger partial charge < -0.3 is 10.2 Å². The fourth-order valence-corrected chi connectivity index (χ4v) is 9.38. The lowest BCUT2D eigenvalue weighted by Crippen LogP contribution is -2.37. The summed E-state index contributed by atoms with van der Waals surface area (Å²) in [6.45, 7) is 12.0. The van der Waals surface area contributed by atoms with Crippen LogP contribution in [0.25, 0.3) is 33.5 Å². The van der Waals surface area contributed by atoms with Gasteiger partial charge in [-0.1, -0.05) is 202 Å². The first-order valence-corrected chi connectivity index (χ1v) is 22.3. The van der Waals surface area contributed by atoms with Crippen LogP contribution in [0.4, 0.5) is 17.1 Å². The zero-order chi connectivity index (χ0) is 43.6. The number of allylic oxidation sites excluding steroid dienone is 9. The predicted molar refractivity (Wildman–Crippen MR) is 272 cm³/mol. The van der Waals surface area contributed by atoms with E-state index in [1.54, 1.807) is 0 Å². The Balaban J connectivity index is 0.000000193. The molecular formula is C61H56N2. The second-order valence-corrected chi connectivity index (χ2v) is 15.7. The van der Waals surface area contributed by atoms with Gasteiger partial charge in [0.15, 0.2) is 0 Å². The number of benzene rings is 7. The van der Waals surface area contributed by atoms with Crippen molar-refractivity contribution in [3.63, 3.8) is 0 Å². The summed E-state index contributed by atoms with van der Waals surface area (Å²) in [5, 5.41) is 3.48. The Hall–Kier alpha value is -7.42. The van der Waals surface area contributed by atoms with E-state index < -0.39 is 0 Å². The summed E-state index contributed by atoms with van der Waals surface area (Å²) in [6, 6.07) is 63.3. The van der Waals surface area contributed by atoms with E-state index >= 15 is 0 Å². The molecule has 2 nitrogen and oxygen atoms in total. The quantitative estimate of drug-likeness (QED) is 0.154. The summed E-state index contributed by atoms with van der Waals surface area (Å²) < 4.78 is 0. The van der Waals surface area contributed by atoms with Gasteiger partial charge in [-0.2, -0.15) is 0 Å². The largest absolute Gasteiger partial charge is 0.355 e. The molecule has 0 bridgehead atoms. The first-order chi connectivity index (χ1) is 31.1. The molecule has 2 aliphatic carbocycles. The third-order valence-corrected chi connectivity index (χ3v) is 12.0. The van der Waals surface area contributed by atoms with E-state index in [2.05, 4.69) is 213 Å². The number of aryl methyl sites for hydroxylation is 1. The molecule has 0 radical (unpaired) electrons. The summed E-state index contributed by atoms with van der Waals surface area (Å²) >= 11 is 0. The van der Waals surface area contributed by atoms with Gasteiger partial charge in [-0.05, 0) is 130 Å². The Kier molecular flexibility index (Phi) is 13.1. The highest BCUT2D eigenvalue weighted by Gasteiger charge is 2.52. The highest BCUT2D eigenvalue weighted by molar-refractivity contribution is 5.97. The van der Waals surface area contributed by atoms with Crippen molar-refractivity contribution in [2.75, 3.05) is 10.2 Å². The van der Waals surface area contributed by atoms with E-state index in [0.29, 0.717) is 0 Å². The Bertz CT molecular complexity index is 2820. The fraction of sp³-hybridized carbons (Fsp3) is 0.115. The predicted octanol–water partition coefficient (Wildman–Crippen LogP) is 16.7. The molecule has 1 aliphatic heterocycles. The minimum Gasteiger partial charge on any atom is -0.355 e. The molecule has 7 aromatic rings. The Morgan fingerprint density at radius 1 is 0.603 bits per heavy atom. The van der Waals surface area contributed by atoms with Crippen LogP contribution in [0.1, 0.15) is 67.0 Å². The van der Waals surface area contributed by atoms with Gasteiger partial charge >= 0.3 is 0 Å². The summed E-state index contributed by atoms with van der Waals surface area (Å²) in [5.41, 5.74) is 20.2. The summed E-state index contributed by atoms with van der Waals surface area (Å²) in [6.07, 6.45) is 19.0. The zero-order valence-electron chi connectivity index (χ0n) is 36.9. The molecule has 1 spiro atoms. The monoisotopic (exact) mass is 816 g/mol. The first-order valence-electron chi connectivity index (χ1n) is 22.3. The topological polar surface area (TPSA) is 15.3 Å². The molecule has 1 heterocycles. The van der Waals surface area contributed by atoms with Crippen LogP contribution in [0.3, 0.4) is 0 Å². The molecular weight excluding hydrogens is 761 g/mol. The van der Waals surface area contributed by atoms with Gasteiger partial charge in [0.05, 0.1) is 16.8 Å². The van der Waals surface area contributed by atoms with E-state index in [1.165, 1.54) is 78.2 Å². The number of hydrogen-bond donors (Lipinski definition) is 1. The van der Waals surface area contributed by atoms with Crippen molar-refractivity contribution >= 4 is 28.3 Å². The van der Waals surface area contributed by atoms with Gasteiger partial charge in [-0.3, -0.25) is 0 Å². The summed E-state index contributed by atoms with van der Waals surface area (Å²) in [5.74, 6) is 0. The number of hydrogen-bond acceptors (Lipinski definition) is 2. The van der Waals surface area contributed by atoms with E-state index in [-0.39, 0.29) is 5.41 Å². The molecule has 0 atom stereocenters. The Labute approximate surface area is 375 Å². The average molecular weight is 817 g/mol. The van der Waals surface area contributed by atoms with Crippen LogP contribution in [-0.4, -0.2) is 0 Å². The normalized spacial score (nSPS) is 14.2. The fourth-order valence-electron chi connectivity index (χ4n) is 9.38. The molecule has 7 aromatic carbocycles. The SMILES string of the molecule is C/C=C(\Nc1ccccc1)c1cccc(-c2ccccc2)c1.C=C/C=C\C=C/N1c2ccccc2C2(C3=C(C=CCC3)c3ccc(-c4cccc(C)c4)cc32)c2ccccc21.CC. The number of rotatable bonds is 8. The third kappa shape index (κ3) is 8.33. The number of nitrogens with zero attached hydrogens (tertiary/aromatic N) is 1. The molecule has 0 amide bonds. The highest BCUT2D eigenvalue weighted by atomic mass is 15.1. The van der Waals surface area contributed by atoms with E-state index in [0.717, 1.165) is 24.2 Å². The Morgan fingerprint density at radius 2 is 1.22 bits per heavy atom. The standard InChI is InChI=1S/C38H31N.C21H19N.C2H6/c1-3-4-5-12-24-39-36-20-10-8-18-33(36)38(34-19-9-11-21-37(34)39)32-17-7-6-16-30(32)31-23-22-29(26-35(31)38)28-15-13-14-27(2)25-28;1-2-21(22-20-14-7-4-8-15-20)19-13-9-12-18(16-19)17-10-5-3-6-11-17;1-2/h3-6,8-16,18-26H,1,7,17H2,2H3;2-16,22H,1H3;1-2H3/b5-4-,24-12-;21-2-;. The molecule has 0 saturated carbocycles. The molecule has 3 aliphatic rings. The van der Waals surface area contributed by atoms with Crippen molar-refractivity contribution in [2.24, 2.45) is 0 Å². The van der Waals surface area contributed by atoms with Gasteiger partial charge in [0.1, 0.15) is 0 Å². The lowest BCUT2D eigenvalue weighted by molar-refractivity contribution is 0.686. The summed E-state index contributed by atoms with van der Waals surface area (Å²) in [7, 11) is 0. The van der Waals surface area contributed by atoms with Crippen molar-refractivity contribution in [1.82, 2.24) is 0 Å². The molecule has 310 valence electrons. The van der Waals surface area contributed by atoms with Crippen molar-refractivity contribution in [1.29, 1.82) is 0 Å². The van der Waals surface area contributed by atoms with E-state index in [1.807, 2.05) is 56.3 Å². The average Bonchev–Trinajstić information content (AvgIpc) is 3.64. The smallest absolute Gasteiger partial charge is 0.0717 e. The first kappa shape index (κ1) is 42.3. The molecule has 1 N–H and O–H groups in total. The summed E-state index contributed by atoms with van der Waals surface area (Å²) in [4.78, 5) is 2.35. The molecule has 63 heavy (non-hydrogen) atoms.